The molecule has 0 aliphatic carbocycles. The Morgan fingerprint density at radius 2 is 1.95 bits per heavy atom. The Morgan fingerprint density at radius 3 is 2.47 bits per heavy atom. The molecule has 19 heavy (non-hydrogen) atoms. The topological polar surface area (TPSA) is 27.3 Å². The zero-order valence-electron chi connectivity index (χ0n) is 13.7. The molecule has 0 saturated carbocycles. The van der Waals surface area contributed by atoms with E-state index in [1.807, 2.05) is 0 Å². The Labute approximate surface area is 120 Å². The minimum atomic E-state index is 0.616. The van der Waals surface area contributed by atoms with E-state index in [1.54, 1.807) is 0 Å². The van der Waals surface area contributed by atoms with Crippen LogP contribution < -0.4 is 10.6 Å². The summed E-state index contributed by atoms with van der Waals surface area (Å²) in [6.07, 6.45) is 6.65. The molecule has 3 unspecified atom stereocenters. The van der Waals surface area contributed by atoms with Gasteiger partial charge in [0.2, 0.25) is 0 Å². The third kappa shape index (κ3) is 7.28. The van der Waals surface area contributed by atoms with Crippen LogP contribution >= 0.6 is 0 Å². The van der Waals surface area contributed by atoms with Crippen LogP contribution in [0.2, 0.25) is 0 Å². The van der Waals surface area contributed by atoms with E-state index in [0.717, 1.165) is 18.5 Å². The van der Waals surface area contributed by atoms with Gasteiger partial charge < -0.3 is 15.5 Å². The fraction of sp³-hybridized carbons (Fsp3) is 1.00. The van der Waals surface area contributed by atoms with Gasteiger partial charge in [0, 0.05) is 24.7 Å². The van der Waals surface area contributed by atoms with Crippen molar-refractivity contribution < 1.29 is 0 Å². The molecule has 114 valence electrons. The predicted molar refractivity (Wildman–Crippen MR) is 84.7 cm³/mol. The van der Waals surface area contributed by atoms with Crippen LogP contribution in [0.15, 0.2) is 0 Å². The fourth-order valence-electron chi connectivity index (χ4n) is 2.99. The van der Waals surface area contributed by atoms with Gasteiger partial charge in [-0.1, -0.05) is 20.3 Å². The van der Waals surface area contributed by atoms with E-state index in [-0.39, 0.29) is 0 Å². The summed E-state index contributed by atoms with van der Waals surface area (Å²) < 4.78 is 0. The van der Waals surface area contributed by atoms with Gasteiger partial charge in [-0.25, -0.2) is 0 Å². The maximum Gasteiger partial charge on any atom is 0.0217 e. The maximum atomic E-state index is 3.74. The first-order chi connectivity index (χ1) is 8.99. The third-order valence-corrected chi connectivity index (χ3v) is 4.23. The van der Waals surface area contributed by atoms with Crippen LogP contribution in [0.3, 0.4) is 0 Å². The van der Waals surface area contributed by atoms with Crippen molar-refractivity contribution in [3.63, 3.8) is 0 Å². The van der Waals surface area contributed by atoms with Crippen molar-refractivity contribution in [1.82, 2.24) is 15.5 Å². The molecule has 0 radical (unpaired) electrons. The molecular formula is C16H35N3. The fourth-order valence-corrected chi connectivity index (χ4v) is 2.99. The van der Waals surface area contributed by atoms with Crippen molar-refractivity contribution >= 4 is 0 Å². The summed E-state index contributed by atoms with van der Waals surface area (Å²) in [6.45, 7) is 9.28. The lowest BCUT2D eigenvalue weighted by Crippen LogP contribution is -2.44. The Bertz CT molecular complexity index is 222. The van der Waals surface area contributed by atoms with Gasteiger partial charge >= 0.3 is 0 Å². The molecule has 1 heterocycles. The van der Waals surface area contributed by atoms with Crippen LogP contribution in [0.1, 0.15) is 52.9 Å². The van der Waals surface area contributed by atoms with Crippen LogP contribution in [0.4, 0.5) is 0 Å². The predicted octanol–water partition coefficient (Wildman–Crippen LogP) is 2.47. The number of hydrogen-bond acceptors (Lipinski definition) is 3. The number of piperidine rings is 1. The summed E-state index contributed by atoms with van der Waals surface area (Å²) >= 11 is 0. The molecule has 1 aliphatic rings. The van der Waals surface area contributed by atoms with Crippen LogP contribution in [-0.4, -0.2) is 50.2 Å². The van der Waals surface area contributed by atoms with E-state index in [9.17, 15) is 0 Å². The quantitative estimate of drug-likeness (QED) is 0.709. The molecule has 0 aromatic carbocycles. The van der Waals surface area contributed by atoms with Gasteiger partial charge in [0.1, 0.15) is 0 Å². The Balaban J connectivity index is 2.24. The van der Waals surface area contributed by atoms with Crippen LogP contribution in [0, 0.1) is 5.92 Å². The third-order valence-electron chi connectivity index (χ3n) is 4.23. The van der Waals surface area contributed by atoms with E-state index < -0.39 is 0 Å². The highest BCUT2D eigenvalue weighted by molar-refractivity contribution is 4.79. The number of likely N-dealkylation sites (N-methyl/N-ethyl adjacent to an activating group) is 1. The van der Waals surface area contributed by atoms with Crippen molar-refractivity contribution in [3.05, 3.63) is 0 Å². The Hall–Kier alpha value is -0.120. The Morgan fingerprint density at radius 1 is 1.21 bits per heavy atom. The summed E-state index contributed by atoms with van der Waals surface area (Å²) in [4.78, 5) is 2.36. The normalized spacial score (nSPS) is 23.8. The molecule has 1 aliphatic heterocycles. The molecule has 0 amide bonds. The van der Waals surface area contributed by atoms with Gasteiger partial charge in [-0.05, 0) is 59.2 Å². The van der Waals surface area contributed by atoms with Crippen molar-refractivity contribution in [2.24, 2.45) is 5.92 Å². The van der Waals surface area contributed by atoms with Gasteiger partial charge in [-0.15, -0.1) is 0 Å². The minimum Gasteiger partial charge on any atom is -0.314 e. The van der Waals surface area contributed by atoms with E-state index in [1.165, 1.54) is 38.6 Å². The first kappa shape index (κ1) is 16.9. The first-order valence-corrected chi connectivity index (χ1v) is 8.12. The van der Waals surface area contributed by atoms with E-state index in [2.05, 4.69) is 50.4 Å². The first-order valence-electron chi connectivity index (χ1n) is 8.12. The highest BCUT2D eigenvalue weighted by atomic mass is 15.1. The van der Waals surface area contributed by atoms with Crippen LogP contribution in [0.5, 0.6) is 0 Å². The molecule has 1 fully saturated rings. The summed E-state index contributed by atoms with van der Waals surface area (Å²) in [5.41, 5.74) is 0. The highest BCUT2D eigenvalue weighted by Crippen LogP contribution is 2.13. The summed E-state index contributed by atoms with van der Waals surface area (Å²) in [7, 11) is 4.39. The second-order valence-corrected chi connectivity index (χ2v) is 6.94. The van der Waals surface area contributed by atoms with E-state index in [4.69, 9.17) is 0 Å². The molecule has 0 spiro atoms. The average Bonchev–Trinajstić information content (AvgIpc) is 2.35. The molecule has 2 N–H and O–H groups in total. The van der Waals surface area contributed by atoms with Crippen molar-refractivity contribution in [2.75, 3.05) is 27.2 Å². The maximum absolute atomic E-state index is 3.74. The number of nitrogens with zero attached hydrogens (tertiary/aromatic N) is 1. The number of rotatable bonds is 8. The zero-order chi connectivity index (χ0) is 14.3. The molecule has 0 aromatic rings. The highest BCUT2D eigenvalue weighted by Gasteiger charge is 2.18. The lowest BCUT2D eigenvalue weighted by molar-refractivity contribution is 0.236. The molecule has 3 nitrogen and oxygen atoms in total. The summed E-state index contributed by atoms with van der Waals surface area (Å²) in [5.74, 6) is 0.768. The molecule has 0 bridgehead atoms. The number of nitrogens with one attached hydrogen (secondary N) is 2. The molecule has 1 saturated heterocycles. The lowest BCUT2D eigenvalue weighted by atomic mass is 9.98. The standard InChI is InChI=1S/C16H35N3/c1-13(2)10-16(19(4)5)12-18-14(3)11-15-8-6-7-9-17-15/h13-18H,6-12H2,1-5H3. The van der Waals surface area contributed by atoms with E-state index >= 15 is 0 Å². The second kappa shape index (κ2) is 8.93. The van der Waals surface area contributed by atoms with E-state index in [0.29, 0.717) is 12.1 Å². The van der Waals surface area contributed by atoms with Crippen molar-refractivity contribution in [1.29, 1.82) is 0 Å². The minimum absolute atomic E-state index is 0.616. The van der Waals surface area contributed by atoms with Gasteiger partial charge in [-0.2, -0.15) is 0 Å². The van der Waals surface area contributed by atoms with Crippen LogP contribution in [-0.2, 0) is 0 Å². The van der Waals surface area contributed by atoms with Gasteiger partial charge in [-0.3, -0.25) is 0 Å². The largest absolute Gasteiger partial charge is 0.314 e. The second-order valence-electron chi connectivity index (χ2n) is 6.94. The SMILES string of the molecule is CC(C)CC(CNC(C)CC1CCCCN1)N(C)C. The zero-order valence-corrected chi connectivity index (χ0v) is 13.7. The van der Waals surface area contributed by atoms with Crippen molar-refractivity contribution in [2.45, 2.75) is 71.0 Å². The molecular weight excluding hydrogens is 234 g/mol. The summed E-state index contributed by atoms with van der Waals surface area (Å²) in [6, 6.07) is 2.01. The van der Waals surface area contributed by atoms with Gasteiger partial charge in [0.25, 0.3) is 0 Å². The molecule has 1 rings (SSSR count). The monoisotopic (exact) mass is 269 g/mol. The van der Waals surface area contributed by atoms with Gasteiger partial charge in [0.05, 0.1) is 0 Å². The van der Waals surface area contributed by atoms with Crippen molar-refractivity contribution in [3.8, 4) is 0 Å². The van der Waals surface area contributed by atoms with Gasteiger partial charge in [0.15, 0.2) is 0 Å². The molecule has 3 atom stereocenters. The lowest BCUT2D eigenvalue weighted by Gasteiger charge is -2.30. The Kier molecular flexibility index (Phi) is 7.96. The number of hydrogen-bond donors (Lipinski definition) is 2. The summed E-state index contributed by atoms with van der Waals surface area (Å²) in [5, 5.41) is 7.38. The molecule has 0 aromatic heterocycles. The smallest absolute Gasteiger partial charge is 0.0217 e. The average molecular weight is 269 g/mol. The van der Waals surface area contributed by atoms with Crippen LogP contribution in [0.25, 0.3) is 0 Å². The molecule has 3 heteroatoms.